The first-order chi connectivity index (χ1) is 9.87. The quantitative estimate of drug-likeness (QED) is 0.733. The van der Waals surface area contributed by atoms with Gasteiger partial charge in [0.25, 0.3) is 0 Å². The largest absolute Gasteiger partial charge is 0.483 e. The first-order valence-corrected chi connectivity index (χ1v) is 7.33. The molecular weight excluding hydrogens is 270 g/mol. The Morgan fingerprint density at radius 1 is 1.38 bits per heavy atom. The van der Waals surface area contributed by atoms with Crippen LogP contribution in [0, 0.1) is 0 Å². The summed E-state index contributed by atoms with van der Waals surface area (Å²) >= 11 is 0. The van der Waals surface area contributed by atoms with Gasteiger partial charge in [0, 0.05) is 32.4 Å². The third-order valence-corrected chi connectivity index (χ3v) is 3.90. The number of carbonyl (C=O) groups is 1. The van der Waals surface area contributed by atoms with Gasteiger partial charge in [0.1, 0.15) is 17.5 Å². The van der Waals surface area contributed by atoms with Gasteiger partial charge in [-0.2, -0.15) is 0 Å². The summed E-state index contributed by atoms with van der Waals surface area (Å²) in [6, 6.07) is 0. The van der Waals surface area contributed by atoms with Gasteiger partial charge in [0.15, 0.2) is 5.75 Å². The number of hydrogen-bond donors (Lipinski definition) is 0. The molecule has 0 aliphatic carbocycles. The van der Waals surface area contributed by atoms with Crippen LogP contribution in [0.2, 0.25) is 0 Å². The highest BCUT2D eigenvalue weighted by molar-refractivity contribution is 5.68. The summed E-state index contributed by atoms with van der Waals surface area (Å²) in [5, 5.41) is 0. The fraction of sp³-hybridized carbons (Fsp3) is 0.667. The first kappa shape index (κ1) is 14.1. The molecule has 0 bridgehead atoms. The molecule has 1 amide bonds. The zero-order valence-electron chi connectivity index (χ0n) is 12.8. The van der Waals surface area contributed by atoms with E-state index in [1.807, 2.05) is 20.8 Å². The van der Waals surface area contributed by atoms with Gasteiger partial charge in [0.05, 0.1) is 11.9 Å². The Morgan fingerprint density at radius 3 is 2.71 bits per heavy atom. The first-order valence-electron chi connectivity index (χ1n) is 7.33. The lowest BCUT2D eigenvalue weighted by atomic mass is 9.88. The van der Waals surface area contributed by atoms with Gasteiger partial charge in [-0.15, -0.1) is 0 Å². The Morgan fingerprint density at radius 2 is 2.10 bits per heavy atom. The zero-order chi connectivity index (χ0) is 15.1. The summed E-state index contributed by atoms with van der Waals surface area (Å²) in [4.78, 5) is 22.1. The Balaban J connectivity index is 1.61. The van der Waals surface area contributed by atoms with Crippen molar-refractivity contribution in [3.05, 3.63) is 18.2 Å². The van der Waals surface area contributed by atoms with Gasteiger partial charge in [-0.05, 0) is 20.8 Å². The second-order valence-electron chi connectivity index (χ2n) is 6.76. The molecule has 1 aromatic heterocycles. The molecule has 0 radical (unpaired) electrons. The number of rotatable bonds is 0. The number of hydrogen-bond acceptors (Lipinski definition) is 5. The lowest BCUT2D eigenvalue weighted by Crippen LogP contribution is -2.50. The summed E-state index contributed by atoms with van der Waals surface area (Å²) in [5.74, 6) is 0.781. The van der Waals surface area contributed by atoms with Crippen LogP contribution in [-0.4, -0.2) is 45.3 Å². The minimum Gasteiger partial charge on any atom is -0.483 e. The molecule has 0 unspecified atom stereocenters. The second kappa shape index (κ2) is 4.86. The van der Waals surface area contributed by atoms with Crippen LogP contribution in [0.4, 0.5) is 4.79 Å². The van der Waals surface area contributed by atoms with Crippen LogP contribution in [0.3, 0.4) is 0 Å². The minimum atomic E-state index is -0.456. The Kier molecular flexibility index (Phi) is 3.26. The summed E-state index contributed by atoms with van der Waals surface area (Å²) in [5.41, 5.74) is 0.286. The van der Waals surface area contributed by atoms with Crippen molar-refractivity contribution in [3.63, 3.8) is 0 Å². The van der Waals surface area contributed by atoms with Crippen molar-refractivity contribution >= 4 is 6.09 Å². The van der Waals surface area contributed by atoms with Gasteiger partial charge in [0.2, 0.25) is 0 Å². The molecule has 1 spiro atoms. The number of carbonyl (C=O) groups excluding carboxylic acids is 1. The number of ether oxygens (including phenoxy) is 2. The van der Waals surface area contributed by atoms with E-state index in [4.69, 9.17) is 9.47 Å². The number of amides is 1. The van der Waals surface area contributed by atoms with Crippen LogP contribution in [0.5, 0.6) is 5.75 Å². The van der Waals surface area contributed by atoms with E-state index in [0.29, 0.717) is 13.1 Å². The monoisotopic (exact) mass is 291 g/mol. The molecule has 21 heavy (non-hydrogen) atoms. The van der Waals surface area contributed by atoms with Crippen LogP contribution in [0.25, 0.3) is 0 Å². The van der Waals surface area contributed by atoms with Crippen LogP contribution in [0.15, 0.2) is 12.5 Å². The number of nitrogens with zero attached hydrogens (tertiary/aromatic N) is 3. The molecule has 6 heteroatoms. The lowest BCUT2D eigenvalue weighted by molar-refractivity contribution is -0.00897. The van der Waals surface area contributed by atoms with Crippen molar-refractivity contribution in [2.45, 2.75) is 51.2 Å². The standard InChI is InChI=1S/C15H21N3O3/c1-14(2,3)21-13(19)18-6-4-15(5-7-18)8-11-12(20-15)9-16-10-17-11/h9-10H,4-8H2,1-3H3. The maximum absolute atomic E-state index is 12.1. The fourth-order valence-electron chi connectivity index (χ4n) is 2.84. The number of fused-ring (bicyclic) bond motifs is 1. The van der Waals surface area contributed by atoms with E-state index in [0.717, 1.165) is 30.7 Å². The lowest BCUT2D eigenvalue weighted by Gasteiger charge is -2.38. The SMILES string of the molecule is CC(C)(C)OC(=O)N1CCC2(CC1)Cc1ncncc1O2. The maximum Gasteiger partial charge on any atom is 0.410 e. The molecule has 6 nitrogen and oxygen atoms in total. The van der Waals surface area contributed by atoms with Crippen molar-refractivity contribution in [3.8, 4) is 5.75 Å². The van der Waals surface area contributed by atoms with Crippen LogP contribution >= 0.6 is 0 Å². The fourth-order valence-corrected chi connectivity index (χ4v) is 2.84. The molecule has 1 aromatic rings. The van der Waals surface area contributed by atoms with E-state index in [1.54, 1.807) is 17.4 Å². The predicted molar refractivity (Wildman–Crippen MR) is 76.1 cm³/mol. The maximum atomic E-state index is 12.1. The van der Waals surface area contributed by atoms with Gasteiger partial charge in [-0.1, -0.05) is 0 Å². The van der Waals surface area contributed by atoms with E-state index in [2.05, 4.69) is 9.97 Å². The van der Waals surface area contributed by atoms with Gasteiger partial charge in [-0.3, -0.25) is 0 Å². The highest BCUT2D eigenvalue weighted by atomic mass is 16.6. The van der Waals surface area contributed by atoms with Crippen LogP contribution in [-0.2, 0) is 11.2 Å². The molecular formula is C15H21N3O3. The molecule has 0 atom stereocenters. The van der Waals surface area contributed by atoms with Gasteiger partial charge in [-0.25, -0.2) is 14.8 Å². The molecule has 1 saturated heterocycles. The third kappa shape index (κ3) is 2.94. The van der Waals surface area contributed by atoms with Crippen molar-refractivity contribution in [1.82, 2.24) is 14.9 Å². The Labute approximate surface area is 124 Å². The van der Waals surface area contributed by atoms with E-state index in [9.17, 15) is 4.79 Å². The zero-order valence-corrected chi connectivity index (χ0v) is 12.8. The van der Waals surface area contributed by atoms with Crippen molar-refractivity contribution in [1.29, 1.82) is 0 Å². The third-order valence-electron chi connectivity index (χ3n) is 3.90. The highest BCUT2D eigenvalue weighted by Gasteiger charge is 2.44. The molecule has 0 saturated carbocycles. The van der Waals surface area contributed by atoms with E-state index >= 15 is 0 Å². The molecule has 2 aliphatic heterocycles. The van der Waals surface area contributed by atoms with Crippen molar-refractivity contribution < 1.29 is 14.3 Å². The minimum absolute atomic E-state index is 0.225. The normalized spacial score (nSPS) is 20.0. The Bertz CT molecular complexity index is 518. The molecule has 3 rings (SSSR count). The highest BCUT2D eigenvalue weighted by Crippen LogP contribution is 2.39. The molecule has 114 valence electrons. The Hall–Kier alpha value is -1.85. The molecule has 0 N–H and O–H groups in total. The summed E-state index contributed by atoms with van der Waals surface area (Å²) < 4.78 is 11.5. The summed E-state index contributed by atoms with van der Waals surface area (Å²) in [6.45, 7) is 6.94. The van der Waals surface area contributed by atoms with E-state index in [1.165, 1.54) is 0 Å². The second-order valence-corrected chi connectivity index (χ2v) is 6.76. The van der Waals surface area contributed by atoms with Gasteiger partial charge < -0.3 is 14.4 Å². The average molecular weight is 291 g/mol. The van der Waals surface area contributed by atoms with Gasteiger partial charge >= 0.3 is 6.09 Å². The molecule has 2 aliphatic rings. The topological polar surface area (TPSA) is 64.5 Å². The smallest absolute Gasteiger partial charge is 0.410 e. The number of piperidine rings is 1. The number of aromatic nitrogens is 2. The van der Waals surface area contributed by atoms with Crippen molar-refractivity contribution in [2.24, 2.45) is 0 Å². The summed E-state index contributed by atoms with van der Waals surface area (Å²) in [7, 11) is 0. The number of likely N-dealkylation sites (tertiary alicyclic amines) is 1. The average Bonchev–Trinajstić information content (AvgIpc) is 2.75. The predicted octanol–water partition coefficient (Wildman–Crippen LogP) is 2.18. The van der Waals surface area contributed by atoms with Crippen LogP contribution in [0.1, 0.15) is 39.3 Å². The molecule has 1 fully saturated rings. The van der Waals surface area contributed by atoms with Crippen molar-refractivity contribution in [2.75, 3.05) is 13.1 Å². The van der Waals surface area contributed by atoms with E-state index < -0.39 is 5.60 Å². The molecule has 0 aromatic carbocycles. The van der Waals surface area contributed by atoms with E-state index in [-0.39, 0.29) is 11.7 Å². The molecule has 3 heterocycles. The van der Waals surface area contributed by atoms with Crippen LogP contribution < -0.4 is 4.74 Å². The summed E-state index contributed by atoms with van der Waals surface area (Å²) in [6.07, 6.45) is 5.42.